The molecule has 0 fully saturated rings. The number of aryl methyl sites for hydroxylation is 1. The predicted octanol–water partition coefficient (Wildman–Crippen LogP) is 4.21. The molecule has 0 unspecified atom stereocenters. The van der Waals surface area contributed by atoms with Gasteiger partial charge >= 0.3 is 5.97 Å². The SMILES string of the molecule is COc1ccc(-c2c(C)sc(NC(=O)[C@H]3CC=CC[C@@H]3C(=O)O)c2C#N)cc1. The van der Waals surface area contributed by atoms with Gasteiger partial charge in [0, 0.05) is 10.4 Å². The molecule has 3 rings (SSSR count). The number of hydrogen-bond acceptors (Lipinski definition) is 5. The van der Waals surface area contributed by atoms with Gasteiger partial charge < -0.3 is 15.2 Å². The van der Waals surface area contributed by atoms with Crippen molar-refractivity contribution in [2.75, 3.05) is 12.4 Å². The second kappa shape index (κ2) is 8.28. The van der Waals surface area contributed by atoms with E-state index in [1.54, 1.807) is 13.2 Å². The zero-order valence-corrected chi connectivity index (χ0v) is 16.4. The fraction of sp³-hybridized carbons (Fsp3) is 0.286. The minimum absolute atomic E-state index is 0.332. The van der Waals surface area contributed by atoms with Crippen LogP contribution in [0.25, 0.3) is 11.1 Å². The van der Waals surface area contributed by atoms with Gasteiger partial charge in [-0.05, 0) is 37.5 Å². The highest BCUT2D eigenvalue weighted by molar-refractivity contribution is 7.17. The molecule has 1 aromatic heterocycles. The molecule has 7 heteroatoms. The Morgan fingerprint density at radius 3 is 2.43 bits per heavy atom. The van der Waals surface area contributed by atoms with Crippen molar-refractivity contribution in [3.05, 3.63) is 46.9 Å². The minimum Gasteiger partial charge on any atom is -0.497 e. The Morgan fingerprint density at radius 1 is 1.21 bits per heavy atom. The van der Waals surface area contributed by atoms with Crippen molar-refractivity contribution in [2.24, 2.45) is 11.8 Å². The van der Waals surface area contributed by atoms with E-state index in [0.717, 1.165) is 16.0 Å². The van der Waals surface area contributed by atoms with Gasteiger partial charge in [-0.15, -0.1) is 11.3 Å². The number of carboxylic acids is 1. The number of hydrogen-bond donors (Lipinski definition) is 2. The third-order valence-electron chi connectivity index (χ3n) is 4.90. The second-order valence-corrected chi connectivity index (χ2v) is 7.79. The fourth-order valence-electron chi connectivity index (χ4n) is 3.43. The second-order valence-electron chi connectivity index (χ2n) is 6.56. The van der Waals surface area contributed by atoms with Crippen molar-refractivity contribution in [1.82, 2.24) is 0 Å². The monoisotopic (exact) mass is 396 g/mol. The highest BCUT2D eigenvalue weighted by Crippen LogP contribution is 2.40. The molecule has 144 valence electrons. The lowest BCUT2D eigenvalue weighted by Gasteiger charge is -2.23. The van der Waals surface area contributed by atoms with Crippen LogP contribution < -0.4 is 10.1 Å². The molecule has 0 radical (unpaired) electrons. The number of carbonyl (C=O) groups is 2. The van der Waals surface area contributed by atoms with E-state index in [4.69, 9.17) is 4.74 Å². The number of allylic oxidation sites excluding steroid dienone is 2. The maximum atomic E-state index is 12.8. The number of carbonyl (C=O) groups excluding carboxylic acids is 1. The summed E-state index contributed by atoms with van der Waals surface area (Å²) in [5.41, 5.74) is 2.01. The molecule has 0 saturated heterocycles. The smallest absolute Gasteiger partial charge is 0.307 e. The van der Waals surface area contributed by atoms with Crippen molar-refractivity contribution in [2.45, 2.75) is 19.8 Å². The van der Waals surface area contributed by atoms with Gasteiger partial charge in [0.25, 0.3) is 0 Å². The Bertz CT molecular complexity index is 970. The number of nitrogens with one attached hydrogen (secondary N) is 1. The maximum absolute atomic E-state index is 12.8. The summed E-state index contributed by atoms with van der Waals surface area (Å²) in [6.45, 7) is 1.89. The molecular formula is C21H20N2O4S. The van der Waals surface area contributed by atoms with Crippen LogP contribution in [0, 0.1) is 30.1 Å². The molecule has 1 aliphatic rings. The van der Waals surface area contributed by atoms with Gasteiger partial charge in [0.1, 0.15) is 16.8 Å². The van der Waals surface area contributed by atoms with Crippen LogP contribution in [0.5, 0.6) is 5.75 Å². The number of carboxylic acid groups (broad SMARTS) is 1. The van der Waals surface area contributed by atoms with Crippen molar-refractivity contribution in [3.8, 4) is 22.9 Å². The fourth-order valence-corrected chi connectivity index (χ4v) is 4.46. The molecule has 1 heterocycles. The van der Waals surface area contributed by atoms with Crippen LogP contribution in [0.1, 0.15) is 23.3 Å². The number of aliphatic carboxylic acids is 1. The lowest BCUT2D eigenvalue weighted by atomic mass is 9.82. The van der Waals surface area contributed by atoms with Crippen LogP contribution in [-0.4, -0.2) is 24.1 Å². The molecule has 1 aliphatic carbocycles. The third kappa shape index (κ3) is 3.78. The molecule has 0 aliphatic heterocycles. The van der Waals surface area contributed by atoms with Crippen LogP contribution in [0.4, 0.5) is 5.00 Å². The summed E-state index contributed by atoms with van der Waals surface area (Å²) in [4.78, 5) is 25.1. The van der Waals surface area contributed by atoms with Crippen LogP contribution in [0.3, 0.4) is 0 Å². The molecule has 0 bridgehead atoms. The number of nitrogens with zero attached hydrogens (tertiary/aromatic N) is 1. The molecule has 2 atom stereocenters. The van der Waals surface area contributed by atoms with Crippen LogP contribution in [-0.2, 0) is 9.59 Å². The zero-order chi connectivity index (χ0) is 20.3. The average Bonchev–Trinajstić information content (AvgIpc) is 3.02. The summed E-state index contributed by atoms with van der Waals surface area (Å²) < 4.78 is 5.17. The van der Waals surface area contributed by atoms with Gasteiger partial charge in [0.15, 0.2) is 0 Å². The Morgan fingerprint density at radius 2 is 1.86 bits per heavy atom. The number of benzene rings is 1. The summed E-state index contributed by atoms with van der Waals surface area (Å²) in [7, 11) is 1.59. The van der Waals surface area contributed by atoms with E-state index in [1.807, 2.05) is 37.3 Å². The largest absolute Gasteiger partial charge is 0.497 e. The normalized spacial score (nSPS) is 18.3. The standard InChI is InChI=1S/C21H20N2O4S/c1-12-18(13-7-9-14(27-2)10-8-13)17(11-22)20(28-12)23-19(24)15-5-3-4-6-16(15)21(25)26/h3-4,7-10,15-16H,5-6H2,1-2H3,(H,23,24)(H,25,26)/t15-,16-/m0/s1. The first-order valence-electron chi connectivity index (χ1n) is 8.82. The summed E-state index contributed by atoms with van der Waals surface area (Å²) in [5, 5.41) is 22.4. The van der Waals surface area contributed by atoms with Gasteiger partial charge in [-0.1, -0.05) is 24.3 Å². The van der Waals surface area contributed by atoms with Gasteiger partial charge in [-0.2, -0.15) is 5.26 Å². The number of rotatable bonds is 5. The number of anilines is 1. The Balaban J connectivity index is 1.91. The van der Waals surface area contributed by atoms with Gasteiger partial charge in [-0.25, -0.2) is 0 Å². The lowest BCUT2D eigenvalue weighted by Crippen LogP contribution is -2.34. The first kappa shape index (κ1) is 19.6. The number of thiophene rings is 1. The zero-order valence-electron chi connectivity index (χ0n) is 15.6. The number of ether oxygens (including phenoxy) is 1. The van der Waals surface area contributed by atoms with Crippen LogP contribution in [0.15, 0.2) is 36.4 Å². The Kier molecular flexibility index (Phi) is 5.81. The van der Waals surface area contributed by atoms with E-state index in [0.29, 0.717) is 29.2 Å². The van der Waals surface area contributed by atoms with E-state index in [1.165, 1.54) is 11.3 Å². The van der Waals surface area contributed by atoms with Gasteiger partial charge in [0.2, 0.25) is 5.91 Å². The molecule has 2 N–H and O–H groups in total. The summed E-state index contributed by atoms with van der Waals surface area (Å²) in [6, 6.07) is 9.56. The summed E-state index contributed by atoms with van der Waals surface area (Å²) >= 11 is 1.32. The first-order valence-corrected chi connectivity index (χ1v) is 9.64. The molecule has 1 aromatic carbocycles. The molecule has 28 heavy (non-hydrogen) atoms. The van der Waals surface area contributed by atoms with Gasteiger partial charge in [-0.3, -0.25) is 9.59 Å². The predicted molar refractivity (Wildman–Crippen MR) is 107 cm³/mol. The molecule has 0 spiro atoms. The molecule has 1 amide bonds. The minimum atomic E-state index is -0.980. The summed E-state index contributed by atoms with van der Waals surface area (Å²) in [6.07, 6.45) is 4.33. The lowest BCUT2D eigenvalue weighted by molar-refractivity contribution is -0.146. The van der Waals surface area contributed by atoms with E-state index >= 15 is 0 Å². The Hall–Kier alpha value is -3.11. The van der Waals surface area contributed by atoms with E-state index < -0.39 is 17.8 Å². The molecular weight excluding hydrogens is 376 g/mol. The number of nitriles is 1. The van der Waals surface area contributed by atoms with E-state index in [-0.39, 0.29) is 5.91 Å². The Labute approximate surface area is 167 Å². The van der Waals surface area contributed by atoms with Crippen LogP contribution in [0.2, 0.25) is 0 Å². The van der Waals surface area contributed by atoms with Crippen molar-refractivity contribution in [1.29, 1.82) is 5.26 Å². The highest BCUT2D eigenvalue weighted by atomic mass is 32.1. The first-order chi connectivity index (χ1) is 13.5. The maximum Gasteiger partial charge on any atom is 0.307 e. The molecule has 6 nitrogen and oxygen atoms in total. The molecule has 0 saturated carbocycles. The van der Waals surface area contributed by atoms with Crippen molar-refractivity contribution >= 4 is 28.2 Å². The van der Waals surface area contributed by atoms with Crippen molar-refractivity contribution in [3.63, 3.8) is 0 Å². The summed E-state index contributed by atoms with van der Waals surface area (Å²) in [5.74, 6) is -2.03. The van der Waals surface area contributed by atoms with Crippen molar-refractivity contribution < 1.29 is 19.4 Å². The van der Waals surface area contributed by atoms with Gasteiger partial charge in [0.05, 0.1) is 24.5 Å². The number of amides is 1. The third-order valence-corrected chi connectivity index (χ3v) is 5.92. The van der Waals surface area contributed by atoms with E-state index in [2.05, 4.69) is 11.4 Å². The average molecular weight is 396 g/mol. The molecule has 2 aromatic rings. The van der Waals surface area contributed by atoms with E-state index in [9.17, 15) is 20.0 Å². The quantitative estimate of drug-likeness (QED) is 0.738. The van der Waals surface area contributed by atoms with Crippen LogP contribution >= 0.6 is 11.3 Å². The number of methoxy groups -OCH3 is 1. The highest BCUT2D eigenvalue weighted by Gasteiger charge is 2.34. The topological polar surface area (TPSA) is 99.4 Å².